The van der Waals surface area contributed by atoms with Crippen LogP contribution in [0.1, 0.15) is 40.8 Å². The predicted octanol–water partition coefficient (Wildman–Crippen LogP) is 5.79. The molecular weight excluding hydrogens is 388 g/mol. The Bertz CT molecular complexity index is 1210. The van der Waals surface area contributed by atoms with Crippen molar-refractivity contribution in [2.75, 3.05) is 13.7 Å². The lowest BCUT2D eigenvalue weighted by Gasteiger charge is -2.24. The van der Waals surface area contributed by atoms with Crippen LogP contribution in [-0.2, 0) is 0 Å². The molecule has 1 fully saturated rings. The first-order chi connectivity index (χ1) is 15.1. The Balaban J connectivity index is 1.47. The van der Waals surface area contributed by atoms with E-state index in [2.05, 4.69) is 12.1 Å². The van der Waals surface area contributed by atoms with Gasteiger partial charge in [0.2, 0.25) is 0 Å². The van der Waals surface area contributed by atoms with E-state index < -0.39 is 0 Å². The number of rotatable bonds is 4. The number of likely N-dealkylation sites (tertiary alicyclic amines) is 1. The third-order valence-corrected chi connectivity index (χ3v) is 5.89. The van der Waals surface area contributed by atoms with Crippen molar-refractivity contribution in [1.82, 2.24) is 9.88 Å². The van der Waals surface area contributed by atoms with Crippen molar-refractivity contribution in [3.05, 3.63) is 83.9 Å². The first kappa shape index (κ1) is 19.4. The number of hydrogen-bond acceptors (Lipinski definition) is 4. The van der Waals surface area contributed by atoms with E-state index in [-0.39, 0.29) is 11.9 Å². The van der Waals surface area contributed by atoms with E-state index >= 15 is 0 Å². The summed E-state index contributed by atoms with van der Waals surface area (Å²) in [6.07, 6.45) is 1.84. The summed E-state index contributed by atoms with van der Waals surface area (Å²) in [6, 6.07) is 21.7. The molecule has 5 nitrogen and oxygen atoms in total. The zero-order valence-corrected chi connectivity index (χ0v) is 17.7. The number of pyridine rings is 1. The zero-order valence-electron chi connectivity index (χ0n) is 17.7. The van der Waals surface area contributed by atoms with Gasteiger partial charge in [0.1, 0.15) is 11.3 Å². The highest BCUT2D eigenvalue weighted by atomic mass is 16.5. The normalized spacial score (nSPS) is 16.1. The average molecular weight is 412 g/mol. The minimum atomic E-state index is -0.0759. The van der Waals surface area contributed by atoms with E-state index in [1.807, 2.05) is 66.4 Å². The Morgan fingerprint density at radius 3 is 2.65 bits per heavy atom. The molecule has 0 saturated carbocycles. The number of furan rings is 1. The molecule has 0 aliphatic carbocycles. The summed E-state index contributed by atoms with van der Waals surface area (Å²) < 4.78 is 11.1. The molecule has 1 saturated heterocycles. The number of ether oxygens (including phenoxy) is 1. The van der Waals surface area contributed by atoms with Gasteiger partial charge in [0.25, 0.3) is 5.91 Å². The summed E-state index contributed by atoms with van der Waals surface area (Å²) in [7, 11) is 1.66. The molecule has 0 N–H and O–H groups in total. The summed E-state index contributed by atoms with van der Waals surface area (Å²) >= 11 is 0. The van der Waals surface area contributed by atoms with Crippen molar-refractivity contribution in [3.8, 4) is 16.9 Å². The number of para-hydroxylation sites is 1. The summed E-state index contributed by atoms with van der Waals surface area (Å²) in [4.78, 5) is 20.0. The van der Waals surface area contributed by atoms with Gasteiger partial charge < -0.3 is 14.1 Å². The third-order valence-electron chi connectivity index (χ3n) is 5.89. The van der Waals surface area contributed by atoms with Crippen LogP contribution in [0, 0.1) is 6.92 Å². The SMILES string of the molecule is COc1ccc(-c2cc(C)nc([C@H]3CCCN3C(=O)c3cc4ccccc4o3)c2)cc1. The molecule has 0 spiro atoms. The fourth-order valence-corrected chi connectivity index (χ4v) is 4.36. The summed E-state index contributed by atoms with van der Waals surface area (Å²) in [5.74, 6) is 1.14. The highest BCUT2D eigenvalue weighted by Gasteiger charge is 2.33. The van der Waals surface area contributed by atoms with Crippen molar-refractivity contribution >= 4 is 16.9 Å². The molecule has 4 aromatic rings. The quantitative estimate of drug-likeness (QED) is 0.426. The lowest BCUT2D eigenvalue weighted by Crippen LogP contribution is -2.30. The van der Waals surface area contributed by atoms with Gasteiger partial charge in [-0.3, -0.25) is 9.78 Å². The molecule has 31 heavy (non-hydrogen) atoms. The molecule has 0 radical (unpaired) electrons. The molecule has 1 aliphatic rings. The van der Waals surface area contributed by atoms with Gasteiger partial charge in [-0.1, -0.05) is 30.3 Å². The molecule has 3 heterocycles. The summed E-state index contributed by atoms with van der Waals surface area (Å²) in [5, 5.41) is 0.942. The molecule has 2 aromatic heterocycles. The highest BCUT2D eigenvalue weighted by Crippen LogP contribution is 2.35. The summed E-state index contributed by atoms with van der Waals surface area (Å²) in [5.41, 5.74) is 4.78. The number of aryl methyl sites for hydroxylation is 1. The van der Waals surface area contributed by atoms with Crippen LogP contribution in [0.4, 0.5) is 0 Å². The molecule has 0 unspecified atom stereocenters. The van der Waals surface area contributed by atoms with E-state index in [1.165, 1.54) is 0 Å². The molecule has 5 rings (SSSR count). The van der Waals surface area contributed by atoms with Gasteiger partial charge in [-0.05, 0) is 67.3 Å². The van der Waals surface area contributed by atoms with Gasteiger partial charge in [-0.25, -0.2) is 0 Å². The largest absolute Gasteiger partial charge is 0.497 e. The Morgan fingerprint density at radius 2 is 1.87 bits per heavy atom. The molecule has 156 valence electrons. The van der Waals surface area contributed by atoms with Gasteiger partial charge in [-0.2, -0.15) is 0 Å². The number of aromatic nitrogens is 1. The minimum Gasteiger partial charge on any atom is -0.497 e. The Hall–Kier alpha value is -3.60. The molecule has 5 heteroatoms. The van der Waals surface area contributed by atoms with Crippen LogP contribution in [0.5, 0.6) is 5.75 Å². The first-order valence-electron chi connectivity index (χ1n) is 10.5. The minimum absolute atomic E-state index is 0.0578. The van der Waals surface area contributed by atoms with E-state index in [4.69, 9.17) is 14.1 Å². The average Bonchev–Trinajstić information content (AvgIpc) is 3.45. The molecule has 1 amide bonds. The third kappa shape index (κ3) is 3.67. The van der Waals surface area contributed by atoms with Gasteiger partial charge in [0.05, 0.1) is 18.8 Å². The number of benzene rings is 2. The fraction of sp³-hybridized carbons (Fsp3) is 0.231. The number of nitrogens with zero attached hydrogens (tertiary/aromatic N) is 2. The van der Waals surface area contributed by atoms with Crippen LogP contribution >= 0.6 is 0 Å². The van der Waals surface area contributed by atoms with E-state index in [0.29, 0.717) is 12.3 Å². The van der Waals surface area contributed by atoms with Gasteiger partial charge in [0, 0.05) is 17.6 Å². The predicted molar refractivity (Wildman–Crippen MR) is 120 cm³/mol. The molecule has 0 bridgehead atoms. The van der Waals surface area contributed by atoms with Gasteiger partial charge in [-0.15, -0.1) is 0 Å². The number of amides is 1. The Labute approximate surface area is 181 Å². The second-order valence-electron chi connectivity index (χ2n) is 7.96. The standard InChI is InChI=1S/C26H24N2O3/c1-17-14-20(18-9-11-21(30-2)12-10-18)15-22(27-17)23-7-5-13-28(23)26(29)25-16-19-6-3-4-8-24(19)31-25/h3-4,6,8-12,14-16,23H,5,7,13H2,1-2H3/t23-/m1/s1. The molecular formula is C26H24N2O3. The molecule has 1 atom stereocenters. The number of fused-ring (bicyclic) bond motifs is 1. The maximum absolute atomic E-state index is 13.3. The summed E-state index contributed by atoms with van der Waals surface area (Å²) in [6.45, 7) is 2.70. The van der Waals surface area contributed by atoms with Crippen molar-refractivity contribution in [2.45, 2.75) is 25.8 Å². The Kier molecular flexibility index (Phi) is 4.94. The number of methoxy groups -OCH3 is 1. The maximum Gasteiger partial charge on any atom is 0.290 e. The molecule has 2 aromatic carbocycles. The zero-order chi connectivity index (χ0) is 21.4. The van der Waals surface area contributed by atoms with Gasteiger partial charge in [0.15, 0.2) is 5.76 Å². The fourth-order valence-electron chi connectivity index (χ4n) is 4.36. The topological polar surface area (TPSA) is 55.6 Å². The van der Waals surface area contributed by atoms with Crippen molar-refractivity contribution in [1.29, 1.82) is 0 Å². The van der Waals surface area contributed by atoms with Crippen molar-refractivity contribution in [2.24, 2.45) is 0 Å². The van der Waals surface area contributed by atoms with E-state index in [1.54, 1.807) is 7.11 Å². The monoisotopic (exact) mass is 412 g/mol. The molecule has 1 aliphatic heterocycles. The van der Waals surface area contributed by atoms with Gasteiger partial charge >= 0.3 is 0 Å². The lowest BCUT2D eigenvalue weighted by atomic mass is 10.0. The van der Waals surface area contributed by atoms with Crippen molar-refractivity contribution < 1.29 is 13.9 Å². The van der Waals surface area contributed by atoms with Crippen molar-refractivity contribution in [3.63, 3.8) is 0 Å². The smallest absolute Gasteiger partial charge is 0.290 e. The van der Waals surface area contributed by atoms with Crippen LogP contribution in [0.2, 0.25) is 0 Å². The van der Waals surface area contributed by atoms with Crippen LogP contribution in [0.3, 0.4) is 0 Å². The second-order valence-corrected chi connectivity index (χ2v) is 7.96. The Morgan fingerprint density at radius 1 is 1.06 bits per heavy atom. The van der Waals surface area contributed by atoms with Crippen LogP contribution in [0.25, 0.3) is 22.1 Å². The highest BCUT2D eigenvalue weighted by molar-refractivity contribution is 5.96. The maximum atomic E-state index is 13.3. The van der Waals surface area contributed by atoms with E-state index in [9.17, 15) is 4.79 Å². The second kappa shape index (κ2) is 7.91. The number of carbonyl (C=O) groups excluding carboxylic acids is 1. The van der Waals surface area contributed by atoms with Crippen LogP contribution in [0.15, 0.2) is 71.1 Å². The first-order valence-corrected chi connectivity index (χ1v) is 10.5. The van der Waals surface area contributed by atoms with E-state index in [0.717, 1.165) is 52.1 Å². The number of hydrogen-bond donors (Lipinski definition) is 0. The number of carbonyl (C=O) groups is 1. The van der Waals surface area contributed by atoms with Crippen LogP contribution < -0.4 is 4.74 Å². The lowest BCUT2D eigenvalue weighted by molar-refractivity contribution is 0.0703. The van der Waals surface area contributed by atoms with Crippen LogP contribution in [-0.4, -0.2) is 29.4 Å².